The Kier molecular flexibility index (Phi) is 5.22. The van der Waals surface area contributed by atoms with Crippen LogP contribution in [0.2, 0.25) is 0 Å². The van der Waals surface area contributed by atoms with Crippen LogP contribution in [0.3, 0.4) is 0 Å². The average molecular weight is 228 g/mol. The molecule has 1 amide bonds. The molecule has 2 N–H and O–H groups in total. The fraction of sp³-hybridized carbons (Fsp3) is 0.917. The maximum absolute atomic E-state index is 11.5. The highest BCUT2D eigenvalue weighted by Crippen LogP contribution is 2.26. The van der Waals surface area contributed by atoms with Gasteiger partial charge < -0.3 is 15.3 Å². The molecule has 0 unspecified atom stereocenters. The van der Waals surface area contributed by atoms with Gasteiger partial charge in [-0.2, -0.15) is 0 Å². The summed E-state index contributed by atoms with van der Waals surface area (Å²) in [5, 5.41) is 13.1. The molecule has 94 valence electrons. The molecule has 1 aliphatic rings. The van der Waals surface area contributed by atoms with E-state index in [1.54, 1.807) is 0 Å². The number of nitrogens with zero attached hydrogens (tertiary/aromatic N) is 1. The molecule has 0 heterocycles. The molecule has 4 nitrogen and oxygen atoms in total. The largest absolute Gasteiger partial charge is 0.388 e. The van der Waals surface area contributed by atoms with Crippen LogP contribution in [0.5, 0.6) is 0 Å². The maximum Gasteiger partial charge on any atom is 0.234 e. The summed E-state index contributed by atoms with van der Waals surface area (Å²) in [5.74, 6) is -0.0114. The van der Waals surface area contributed by atoms with Crippen molar-refractivity contribution in [1.82, 2.24) is 10.2 Å². The van der Waals surface area contributed by atoms with E-state index in [4.69, 9.17) is 0 Å². The number of aliphatic hydroxyl groups is 1. The molecule has 1 fully saturated rings. The van der Waals surface area contributed by atoms with Gasteiger partial charge in [0.25, 0.3) is 0 Å². The monoisotopic (exact) mass is 228 g/mol. The van der Waals surface area contributed by atoms with Crippen molar-refractivity contribution >= 4 is 5.91 Å². The van der Waals surface area contributed by atoms with Crippen LogP contribution in [0, 0.1) is 0 Å². The Morgan fingerprint density at radius 2 is 1.81 bits per heavy atom. The summed E-state index contributed by atoms with van der Waals surface area (Å²) in [6.07, 6.45) is 6.17. The lowest BCUT2D eigenvalue weighted by atomic mass is 9.94. The summed E-state index contributed by atoms with van der Waals surface area (Å²) in [4.78, 5) is 13.3. The first kappa shape index (κ1) is 13.5. The van der Waals surface area contributed by atoms with Crippen LogP contribution >= 0.6 is 0 Å². The summed E-state index contributed by atoms with van der Waals surface area (Å²) >= 11 is 0. The molecule has 0 spiro atoms. The normalized spacial score (nSPS) is 20.5. The van der Waals surface area contributed by atoms with Gasteiger partial charge in [-0.05, 0) is 26.9 Å². The van der Waals surface area contributed by atoms with Crippen molar-refractivity contribution in [3.63, 3.8) is 0 Å². The van der Waals surface area contributed by atoms with E-state index >= 15 is 0 Å². The summed E-state index contributed by atoms with van der Waals surface area (Å²) in [6, 6.07) is 0. The number of carbonyl (C=O) groups excluding carboxylic acids is 1. The highest BCUT2D eigenvalue weighted by molar-refractivity contribution is 5.78. The first-order valence-electron chi connectivity index (χ1n) is 6.16. The number of hydrogen-bond donors (Lipinski definition) is 2. The van der Waals surface area contributed by atoms with Crippen LogP contribution in [0.4, 0.5) is 0 Å². The first-order valence-corrected chi connectivity index (χ1v) is 6.16. The van der Waals surface area contributed by atoms with E-state index in [0.717, 1.165) is 25.7 Å². The Morgan fingerprint density at radius 3 is 2.31 bits per heavy atom. The van der Waals surface area contributed by atoms with E-state index in [1.807, 2.05) is 19.0 Å². The van der Waals surface area contributed by atoms with Gasteiger partial charge in [0.2, 0.25) is 5.91 Å². The van der Waals surface area contributed by atoms with Crippen molar-refractivity contribution in [1.29, 1.82) is 0 Å². The van der Waals surface area contributed by atoms with E-state index in [1.165, 1.54) is 12.8 Å². The van der Waals surface area contributed by atoms with Gasteiger partial charge in [0.15, 0.2) is 0 Å². The van der Waals surface area contributed by atoms with E-state index < -0.39 is 5.60 Å². The van der Waals surface area contributed by atoms with E-state index in [0.29, 0.717) is 13.1 Å². The third-order valence-corrected chi connectivity index (χ3v) is 3.11. The Hall–Kier alpha value is -0.610. The van der Waals surface area contributed by atoms with Gasteiger partial charge in [-0.15, -0.1) is 0 Å². The quantitative estimate of drug-likeness (QED) is 0.698. The van der Waals surface area contributed by atoms with Crippen LogP contribution in [0.1, 0.15) is 38.5 Å². The molecular formula is C12H24N2O2. The highest BCUT2D eigenvalue weighted by atomic mass is 16.3. The van der Waals surface area contributed by atoms with E-state index in [2.05, 4.69) is 5.32 Å². The molecule has 0 aromatic carbocycles. The van der Waals surface area contributed by atoms with Crippen molar-refractivity contribution in [3.05, 3.63) is 0 Å². The molecule has 0 radical (unpaired) electrons. The minimum atomic E-state index is -0.668. The molecule has 0 aromatic rings. The smallest absolute Gasteiger partial charge is 0.234 e. The zero-order chi connectivity index (χ0) is 12.0. The van der Waals surface area contributed by atoms with Crippen LogP contribution in [0.25, 0.3) is 0 Å². The third-order valence-electron chi connectivity index (χ3n) is 3.11. The first-order chi connectivity index (χ1) is 7.52. The third kappa shape index (κ3) is 4.94. The van der Waals surface area contributed by atoms with E-state index in [-0.39, 0.29) is 5.91 Å². The second-order valence-electron chi connectivity index (χ2n) is 5.15. The van der Waals surface area contributed by atoms with Crippen molar-refractivity contribution < 1.29 is 9.90 Å². The summed E-state index contributed by atoms with van der Waals surface area (Å²) < 4.78 is 0. The maximum atomic E-state index is 11.5. The number of amides is 1. The minimum absolute atomic E-state index is 0.0114. The van der Waals surface area contributed by atoms with E-state index in [9.17, 15) is 9.90 Å². The van der Waals surface area contributed by atoms with Crippen LogP contribution in [-0.4, -0.2) is 48.7 Å². The van der Waals surface area contributed by atoms with Gasteiger partial charge >= 0.3 is 0 Å². The topological polar surface area (TPSA) is 52.6 Å². The molecule has 0 aromatic heterocycles. The number of hydrogen-bond acceptors (Lipinski definition) is 3. The predicted molar refractivity (Wildman–Crippen MR) is 64.2 cm³/mol. The summed E-state index contributed by atoms with van der Waals surface area (Å²) in [6.45, 7) is 0.787. The lowest BCUT2D eigenvalue weighted by Crippen LogP contribution is -2.44. The van der Waals surface area contributed by atoms with Crippen LogP contribution in [-0.2, 0) is 4.79 Å². The SMILES string of the molecule is CN(C)CC(=O)NCC1(O)CCCCCC1. The second kappa shape index (κ2) is 6.21. The highest BCUT2D eigenvalue weighted by Gasteiger charge is 2.28. The molecule has 16 heavy (non-hydrogen) atoms. The molecule has 1 saturated carbocycles. The average Bonchev–Trinajstić information content (AvgIpc) is 2.40. The number of carbonyl (C=O) groups is 1. The lowest BCUT2D eigenvalue weighted by molar-refractivity contribution is -0.123. The molecule has 0 atom stereocenters. The Bertz CT molecular complexity index is 221. The molecule has 0 aliphatic heterocycles. The lowest BCUT2D eigenvalue weighted by Gasteiger charge is -2.27. The zero-order valence-corrected chi connectivity index (χ0v) is 10.5. The standard InChI is InChI=1S/C12H24N2O2/c1-14(2)9-11(15)13-10-12(16)7-5-3-4-6-8-12/h16H,3-10H2,1-2H3,(H,13,15). The Morgan fingerprint density at radius 1 is 1.25 bits per heavy atom. The molecular weight excluding hydrogens is 204 g/mol. The van der Waals surface area contributed by atoms with Crippen molar-refractivity contribution in [2.24, 2.45) is 0 Å². The second-order valence-corrected chi connectivity index (χ2v) is 5.15. The van der Waals surface area contributed by atoms with Crippen LogP contribution in [0.15, 0.2) is 0 Å². The Labute approximate surface area is 98.0 Å². The number of likely N-dealkylation sites (N-methyl/N-ethyl adjacent to an activating group) is 1. The number of nitrogens with one attached hydrogen (secondary N) is 1. The predicted octanol–water partition coefficient (Wildman–Crippen LogP) is 0.749. The zero-order valence-electron chi connectivity index (χ0n) is 10.5. The van der Waals surface area contributed by atoms with Gasteiger partial charge in [-0.3, -0.25) is 4.79 Å². The molecule has 0 bridgehead atoms. The fourth-order valence-corrected chi connectivity index (χ4v) is 2.17. The summed E-state index contributed by atoms with van der Waals surface area (Å²) in [5.41, 5.74) is -0.668. The Balaban J connectivity index is 2.31. The van der Waals surface area contributed by atoms with Gasteiger partial charge in [0.05, 0.1) is 12.1 Å². The van der Waals surface area contributed by atoms with Gasteiger partial charge in [0, 0.05) is 6.54 Å². The molecule has 0 saturated heterocycles. The molecule has 4 heteroatoms. The van der Waals surface area contributed by atoms with Gasteiger partial charge in [-0.25, -0.2) is 0 Å². The van der Waals surface area contributed by atoms with Crippen molar-refractivity contribution in [2.45, 2.75) is 44.1 Å². The fourth-order valence-electron chi connectivity index (χ4n) is 2.17. The van der Waals surface area contributed by atoms with Crippen molar-refractivity contribution in [2.75, 3.05) is 27.2 Å². The van der Waals surface area contributed by atoms with Gasteiger partial charge in [-0.1, -0.05) is 25.7 Å². The molecule has 1 aliphatic carbocycles. The minimum Gasteiger partial charge on any atom is -0.388 e. The van der Waals surface area contributed by atoms with Gasteiger partial charge in [0.1, 0.15) is 0 Å². The van der Waals surface area contributed by atoms with Crippen LogP contribution < -0.4 is 5.32 Å². The molecule has 1 rings (SSSR count). The number of rotatable bonds is 4. The summed E-state index contributed by atoms with van der Waals surface area (Å²) in [7, 11) is 3.72. The van der Waals surface area contributed by atoms with Crippen molar-refractivity contribution in [3.8, 4) is 0 Å².